The SMILES string of the molecule is COc1ccc(/C(C)=C/C(=O)Nc2ccc(Oc3ccccc3)cc2)c(OC)c1. The Balaban J connectivity index is 1.67. The molecular formula is C24H23NO4. The summed E-state index contributed by atoms with van der Waals surface area (Å²) in [5.41, 5.74) is 2.29. The maximum Gasteiger partial charge on any atom is 0.248 e. The number of nitrogens with one attached hydrogen (secondary N) is 1. The number of para-hydroxylation sites is 1. The van der Waals surface area contributed by atoms with Crippen molar-refractivity contribution in [2.45, 2.75) is 6.92 Å². The maximum absolute atomic E-state index is 12.4. The Labute approximate surface area is 170 Å². The Morgan fingerprint density at radius 3 is 2.14 bits per heavy atom. The number of hydrogen-bond acceptors (Lipinski definition) is 4. The largest absolute Gasteiger partial charge is 0.497 e. The quantitative estimate of drug-likeness (QED) is 0.539. The van der Waals surface area contributed by atoms with Crippen LogP contribution in [0.2, 0.25) is 0 Å². The molecule has 3 rings (SSSR count). The number of ether oxygens (including phenoxy) is 3. The van der Waals surface area contributed by atoms with Crippen molar-refractivity contribution in [1.29, 1.82) is 0 Å². The van der Waals surface area contributed by atoms with Gasteiger partial charge in [-0.2, -0.15) is 0 Å². The first kappa shape index (κ1) is 20.0. The molecule has 5 heteroatoms. The van der Waals surface area contributed by atoms with Gasteiger partial charge in [0.2, 0.25) is 5.91 Å². The lowest BCUT2D eigenvalue weighted by Crippen LogP contribution is -2.08. The zero-order valence-electron chi connectivity index (χ0n) is 16.6. The van der Waals surface area contributed by atoms with E-state index in [9.17, 15) is 4.79 Å². The van der Waals surface area contributed by atoms with Gasteiger partial charge in [-0.3, -0.25) is 4.79 Å². The fourth-order valence-corrected chi connectivity index (χ4v) is 2.81. The molecule has 0 saturated heterocycles. The Hall–Kier alpha value is -3.73. The van der Waals surface area contributed by atoms with Crippen molar-refractivity contribution in [2.24, 2.45) is 0 Å². The zero-order valence-corrected chi connectivity index (χ0v) is 16.6. The number of amides is 1. The minimum atomic E-state index is -0.225. The standard InChI is InChI=1S/C24H23NO4/c1-17(22-14-13-21(27-2)16-23(22)28-3)15-24(26)25-18-9-11-20(12-10-18)29-19-7-5-4-6-8-19/h4-16H,1-3H3,(H,25,26)/b17-15+. The van der Waals surface area contributed by atoms with Crippen LogP contribution in [0.1, 0.15) is 12.5 Å². The molecule has 0 aromatic heterocycles. The average Bonchev–Trinajstić information content (AvgIpc) is 2.75. The monoisotopic (exact) mass is 389 g/mol. The summed E-state index contributed by atoms with van der Waals surface area (Å²) in [6, 6.07) is 22.2. The summed E-state index contributed by atoms with van der Waals surface area (Å²) >= 11 is 0. The first-order chi connectivity index (χ1) is 14.1. The number of anilines is 1. The molecule has 0 bridgehead atoms. The summed E-state index contributed by atoms with van der Waals surface area (Å²) in [6.45, 7) is 1.86. The minimum Gasteiger partial charge on any atom is -0.497 e. The summed E-state index contributed by atoms with van der Waals surface area (Å²) in [5, 5.41) is 2.86. The van der Waals surface area contributed by atoms with Crippen LogP contribution in [0.25, 0.3) is 5.57 Å². The lowest BCUT2D eigenvalue weighted by atomic mass is 10.1. The number of methoxy groups -OCH3 is 2. The van der Waals surface area contributed by atoms with Gasteiger partial charge < -0.3 is 19.5 Å². The molecule has 0 atom stereocenters. The van der Waals surface area contributed by atoms with Gasteiger partial charge in [-0.05, 0) is 61.0 Å². The first-order valence-electron chi connectivity index (χ1n) is 9.13. The third kappa shape index (κ3) is 5.39. The third-order valence-corrected chi connectivity index (χ3v) is 4.28. The number of benzene rings is 3. The summed E-state index contributed by atoms with van der Waals surface area (Å²) in [7, 11) is 3.19. The van der Waals surface area contributed by atoms with E-state index >= 15 is 0 Å². The van der Waals surface area contributed by atoms with Gasteiger partial charge >= 0.3 is 0 Å². The highest BCUT2D eigenvalue weighted by atomic mass is 16.5. The third-order valence-electron chi connectivity index (χ3n) is 4.28. The highest BCUT2D eigenvalue weighted by molar-refractivity contribution is 6.04. The lowest BCUT2D eigenvalue weighted by molar-refractivity contribution is -0.111. The second-order valence-corrected chi connectivity index (χ2v) is 6.32. The number of carbonyl (C=O) groups excluding carboxylic acids is 1. The lowest BCUT2D eigenvalue weighted by Gasteiger charge is -2.11. The molecule has 1 N–H and O–H groups in total. The van der Waals surface area contributed by atoms with Gasteiger partial charge in [-0.25, -0.2) is 0 Å². The van der Waals surface area contributed by atoms with Crippen LogP contribution >= 0.6 is 0 Å². The molecule has 0 saturated carbocycles. The predicted molar refractivity (Wildman–Crippen MR) is 115 cm³/mol. The van der Waals surface area contributed by atoms with Crippen LogP contribution in [0, 0.1) is 0 Å². The van der Waals surface area contributed by atoms with Crippen LogP contribution in [0.3, 0.4) is 0 Å². The van der Waals surface area contributed by atoms with Crippen molar-refractivity contribution >= 4 is 17.2 Å². The van der Waals surface area contributed by atoms with Crippen LogP contribution in [-0.4, -0.2) is 20.1 Å². The summed E-state index contributed by atoms with van der Waals surface area (Å²) in [4.78, 5) is 12.4. The molecule has 5 nitrogen and oxygen atoms in total. The van der Waals surface area contributed by atoms with E-state index in [0.717, 1.165) is 16.9 Å². The second-order valence-electron chi connectivity index (χ2n) is 6.32. The van der Waals surface area contributed by atoms with Crippen molar-refractivity contribution in [3.05, 3.63) is 84.4 Å². The molecule has 0 radical (unpaired) electrons. The number of carbonyl (C=O) groups is 1. The van der Waals surface area contributed by atoms with Gasteiger partial charge in [0.05, 0.1) is 14.2 Å². The highest BCUT2D eigenvalue weighted by Gasteiger charge is 2.09. The number of rotatable bonds is 7. The molecule has 1 amide bonds. The fourth-order valence-electron chi connectivity index (χ4n) is 2.81. The zero-order chi connectivity index (χ0) is 20.6. The summed E-state index contributed by atoms with van der Waals surface area (Å²) in [6.07, 6.45) is 1.54. The Kier molecular flexibility index (Phi) is 6.53. The van der Waals surface area contributed by atoms with Gasteiger partial charge in [0.25, 0.3) is 0 Å². The van der Waals surface area contributed by atoms with E-state index in [4.69, 9.17) is 14.2 Å². The molecule has 3 aromatic carbocycles. The molecule has 3 aromatic rings. The van der Waals surface area contributed by atoms with Crippen LogP contribution in [0.5, 0.6) is 23.0 Å². The van der Waals surface area contributed by atoms with Gasteiger partial charge in [0.15, 0.2) is 0 Å². The molecule has 0 unspecified atom stereocenters. The molecule has 0 aliphatic heterocycles. The van der Waals surface area contributed by atoms with Crippen LogP contribution < -0.4 is 19.5 Å². The van der Waals surface area contributed by atoms with E-state index in [0.29, 0.717) is 22.9 Å². The molecule has 29 heavy (non-hydrogen) atoms. The molecule has 0 aliphatic rings. The minimum absolute atomic E-state index is 0.225. The molecular weight excluding hydrogens is 366 g/mol. The molecule has 0 fully saturated rings. The van der Waals surface area contributed by atoms with Crippen LogP contribution in [-0.2, 0) is 4.79 Å². The first-order valence-corrected chi connectivity index (χ1v) is 9.13. The molecule has 0 spiro atoms. The van der Waals surface area contributed by atoms with Gasteiger partial charge in [-0.1, -0.05) is 18.2 Å². The smallest absolute Gasteiger partial charge is 0.248 e. The maximum atomic E-state index is 12.4. The predicted octanol–water partition coefficient (Wildman–Crippen LogP) is 5.54. The van der Waals surface area contributed by atoms with Gasteiger partial charge in [-0.15, -0.1) is 0 Å². The van der Waals surface area contributed by atoms with E-state index in [1.54, 1.807) is 38.5 Å². The van der Waals surface area contributed by atoms with Crippen molar-refractivity contribution in [2.75, 3.05) is 19.5 Å². The average molecular weight is 389 g/mol. The molecule has 0 aliphatic carbocycles. The Morgan fingerprint density at radius 1 is 0.828 bits per heavy atom. The van der Waals surface area contributed by atoms with Crippen LogP contribution in [0.15, 0.2) is 78.9 Å². The van der Waals surface area contributed by atoms with Gasteiger partial charge in [0, 0.05) is 23.4 Å². The Morgan fingerprint density at radius 2 is 1.48 bits per heavy atom. The van der Waals surface area contributed by atoms with E-state index in [-0.39, 0.29) is 5.91 Å². The van der Waals surface area contributed by atoms with Crippen LogP contribution in [0.4, 0.5) is 5.69 Å². The van der Waals surface area contributed by atoms with Gasteiger partial charge in [0.1, 0.15) is 23.0 Å². The Bertz CT molecular complexity index is 995. The number of allylic oxidation sites excluding steroid dienone is 1. The van der Waals surface area contributed by atoms with Crippen molar-refractivity contribution in [3.63, 3.8) is 0 Å². The van der Waals surface area contributed by atoms with E-state index < -0.39 is 0 Å². The molecule has 148 valence electrons. The summed E-state index contributed by atoms with van der Waals surface area (Å²) < 4.78 is 16.4. The second kappa shape index (κ2) is 9.46. The number of hydrogen-bond donors (Lipinski definition) is 1. The van der Waals surface area contributed by atoms with Crippen molar-refractivity contribution in [3.8, 4) is 23.0 Å². The van der Waals surface area contributed by atoms with E-state index in [2.05, 4.69) is 5.32 Å². The topological polar surface area (TPSA) is 56.8 Å². The van der Waals surface area contributed by atoms with E-state index in [1.807, 2.05) is 61.5 Å². The summed E-state index contributed by atoms with van der Waals surface area (Å²) in [5.74, 6) is 2.58. The van der Waals surface area contributed by atoms with Crippen molar-refractivity contribution < 1.29 is 19.0 Å². The van der Waals surface area contributed by atoms with E-state index in [1.165, 1.54) is 0 Å². The fraction of sp³-hybridized carbons (Fsp3) is 0.125. The molecule has 0 heterocycles. The van der Waals surface area contributed by atoms with Crippen molar-refractivity contribution in [1.82, 2.24) is 0 Å². The highest BCUT2D eigenvalue weighted by Crippen LogP contribution is 2.30. The normalized spacial score (nSPS) is 10.9.